The number of piperidine rings is 2. The Balaban J connectivity index is 1.41. The molecule has 0 saturated carbocycles. The molecule has 2 saturated heterocycles. The van der Waals surface area contributed by atoms with Crippen molar-refractivity contribution in [2.45, 2.75) is 77.2 Å². The van der Waals surface area contributed by atoms with Crippen LogP contribution in [0.3, 0.4) is 0 Å². The van der Waals surface area contributed by atoms with Crippen molar-refractivity contribution >= 4 is 5.91 Å². The first-order chi connectivity index (χ1) is 17.4. The van der Waals surface area contributed by atoms with Crippen LogP contribution in [-0.2, 0) is 19.5 Å². The lowest BCUT2D eigenvalue weighted by Gasteiger charge is -2.41. The summed E-state index contributed by atoms with van der Waals surface area (Å²) in [5.74, 6) is 0.789. The fourth-order valence-corrected chi connectivity index (χ4v) is 6.13. The number of likely N-dealkylation sites (tertiary alicyclic amines) is 2. The highest BCUT2D eigenvalue weighted by Gasteiger charge is 2.35. The Morgan fingerprint density at radius 3 is 2.69 bits per heavy atom. The lowest BCUT2D eigenvalue weighted by molar-refractivity contribution is 0.0464. The lowest BCUT2D eigenvalue weighted by atomic mass is 9.97. The van der Waals surface area contributed by atoms with Crippen LogP contribution in [0.15, 0.2) is 24.3 Å². The molecule has 0 spiro atoms. The van der Waals surface area contributed by atoms with E-state index in [9.17, 15) is 9.90 Å². The van der Waals surface area contributed by atoms with Crippen LogP contribution < -0.4 is 4.74 Å². The van der Waals surface area contributed by atoms with Gasteiger partial charge in [-0.3, -0.25) is 14.4 Å². The zero-order valence-electron chi connectivity index (χ0n) is 22.0. The number of fused-ring (bicyclic) bond motifs is 1. The third-order valence-electron chi connectivity index (χ3n) is 8.26. The van der Waals surface area contributed by atoms with Gasteiger partial charge >= 0.3 is 0 Å². The molecule has 8 nitrogen and oxygen atoms in total. The number of β-amino-alcohol motifs (C(OH)–C–C–N with tert-alkyl or cyclic N) is 1. The van der Waals surface area contributed by atoms with E-state index in [1.54, 1.807) is 12.0 Å². The summed E-state index contributed by atoms with van der Waals surface area (Å²) in [6.07, 6.45) is 4.39. The van der Waals surface area contributed by atoms with Gasteiger partial charge in [0.05, 0.1) is 19.8 Å². The normalized spacial score (nSPS) is 22.1. The molecule has 5 rings (SSSR count). The number of hydrogen-bond donors (Lipinski definition) is 1. The number of aliphatic hydroxyl groups excluding tert-OH is 1. The van der Waals surface area contributed by atoms with Crippen LogP contribution in [0.25, 0.3) is 0 Å². The maximum Gasteiger partial charge on any atom is 0.274 e. The van der Waals surface area contributed by atoms with E-state index < -0.39 is 6.10 Å². The number of aliphatic hydroxyl groups is 1. The second-order valence-corrected chi connectivity index (χ2v) is 10.9. The minimum absolute atomic E-state index is 0.0362. The summed E-state index contributed by atoms with van der Waals surface area (Å²) >= 11 is 0. The molecule has 8 heteroatoms. The van der Waals surface area contributed by atoms with E-state index in [-0.39, 0.29) is 5.91 Å². The van der Waals surface area contributed by atoms with Crippen LogP contribution >= 0.6 is 0 Å². The molecule has 2 fully saturated rings. The number of rotatable bonds is 6. The number of aromatic nitrogens is 2. The molecule has 0 unspecified atom stereocenters. The molecule has 196 valence electrons. The summed E-state index contributed by atoms with van der Waals surface area (Å²) in [7, 11) is 1.68. The summed E-state index contributed by atoms with van der Waals surface area (Å²) < 4.78 is 7.46. The van der Waals surface area contributed by atoms with E-state index in [0.29, 0.717) is 37.4 Å². The fourth-order valence-electron chi connectivity index (χ4n) is 6.13. The van der Waals surface area contributed by atoms with E-state index in [1.165, 1.54) is 18.5 Å². The van der Waals surface area contributed by atoms with E-state index in [0.717, 1.165) is 62.3 Å². The number of carbonyl (C=O) groups is 1. The SMILES string of the molecule is COc1cccc(Cn2nc(C(=O)N3CCC[C@@H](O)C3)c3c2CCN(C2CCN(C(C)C)CC2)C3)c1. The van der Waals surface area contributed by atoms with Crippen LogP contribution in [-0.4, -0.2) is 93.5 Å². The topological polar surface area (TPSA) is 74.1 Å². The maximum atomic E-state index is 13.7. The first kappa shape index (κ1) is 25.2. The van der Waals surface area contributed by atoms with Crippen LogP contribution in [0.5, 0.6) is 5.75 Å². The second kappa shape index (κ2) is 10.9. The molecule has 4 heterocycles. The molecule has 2 aromatic rings. The van der Waals surface area contributed by atoms with E-state index >= 15 is 0 Å². The summed E-state index contributed by atoms with van der Waals surface area (Å²) in [6, 6.07) is 9.20. The average Bonchev–Trinajstić information content (AvgIpc) is 3.25. The molecule has 1 atom stereocenters. The van der Waals surface area contributed by atoms with Gasteiger partial charge in [-0.15, -0.1) is 0 Å². The third kappa shape index (κ3) is 5.31. The molecule has 3 aliphatic heterocycles. The van der Waals surface area contributed by atoms with Crippen LogP contribution in [0.2, 0.25) is 0 Å². The number of amides is 1. The van der Waals surface area contributed by atoms with Gasteiger partial charge < -0.3 is 19.6 Å². The van der Waals surface area contributed by atoms with Crippen LogP contribution in [0, 0.1) is 0 Å². The molecular weight excluding hydrogens is 454 g/mol. The van der Waals surface area contributed by atoms with E-state index in [2.05, 4.69) is 29.7 Å². The van der Waals surface area contributed by atoms with Crippen molar-refractivity contribution in [1.82, 2.24) is 24.5 Å². The molecule has 3 aliphatic rings. The molecule has 36 heavy (non-hydrogen) atoms. The molecule has 0 radical (unpaired) electrons. The van der Waals surface area contributed by atoms with Gasteiger partial charge in [-0.25, -0.2) is 0 Å². The van der Waals surface area contributed by atoms with Crippen molar-refractivity contribution in [3.63, 3.8) is 0 Å². The van der Waals surface area contributed by atoms with E-state index in [1.807, 2.05) is 22.9 Å². The summed E-state index contributed by atoms with van der Waals surface area (Å²) in [5, 5.41) is 15.1. The summed E-state index contributed by atoms with van der Waals surface area (Å²) in [4.78, 5) is 20.6. The smallest absolute Gasteiger partial charge is 0.274 e. The number of benzene rings is 1. The monoisotopic (exact) mass is 495 g/mol. The predicted octanol–water partition coefficient (Wildman–Crippen LogP) is 2.77. The maximum absolute atomic E-state index is 13.7. The van der Waals surface area contributed by atoms with Crippen LogP contribution in [0.1, 0.15) is 66.8 Å². The molecule has 0 bridgehead atoms. The van der Waals surface area contributed by atoms with Gasteiger partial charge in [0.1, 0.15) is 5.75 Å². The molecule has 1 N–H and O–H groups in total. The Morgan fingerprint density at radius 1 is 1.17 bits per heavy atom. The minimum atomic E-state index is -0.444. The van der Waals surface area contributed by atoms with Gasteiger partial charge in [0, 0.05) is 55.9 Å². The van der Waals surface area contributed by atoms with Crippen molar-refractivity contribution < 1.29 is 14.6 Å². The van der Waals surface area contributed by atoms with Crippen molar-refractivity contribution in [2.24, 2.45) is 0 Å². The number of methoxy groups -OCH3 is 1. The van der Waals surface area contributed by atoms with Gasteiger partial charge in [0.15, 0.2) is 5.69 Å². The van der Waals surface area contributed by atoms with Crippen molar-refractivity contribution in [2.75, 3.05) is 39.8 Å². The highest BCUT2D eigenvalue weighted by Crippen LogP contribution is 2.30. The number of hydrogen-bond acceptors (Lipinski definition) is 6. The van der Waals surface area contributed by atoms with Crippen LogP contribution in [0.4, 0.5) is 0 Å². The Morgan fingerprint density at radius 2 is 1.97 bits per heavy atom. The van der Waals surface area contributed by atoms with Gasteiger partial charge in [0.25, 0.3) is 5.91 Å². The minimum Gasteiger partial charge on any atom is -0.497 e. The average molecular weight is 496 g/mol. The molecule has 1 aromatic carbocycles. The van der Waals surface area contributed by atoms with Gasteiger partial charge in [-0.1, -0.05) is 12.1 Å². The van der Waals surface area contributed by atoms with Crippen molar-refractivity contribution in [3.05, 3.63) is 46.8 Å². The number of nitrogens with zero attached hydrogens (tertiary/aromatic N) is 5. The lowest BCUT2D eigenvalue weighted by Crippen LogP contribution is -2.48. The standard InChI is InChI=1S/C28H41N5O3/c1-20(2)30-13-9-22(10-14-30)31-15-11-26-25(19-31)27(28(35)32-12-5-7-23(34)18-32)29-33(26)17-21-6-4-8-24(16-21)36-3/h4,6,8,16,20,22-23,34H,5,7,9-15,17-19H2,1-3H3/t23-/m1/s1. The molecule has 1 amide bonds. The highest BCUT2D eigenvalue weighted by atomic mass is 16.5. The van der Waals surface area contributed by atoms with Gasteiger partial charge in [0.2, 0.25) is 0 Å². The predicted molar refractivity (Wildman–Crippen MR) is 139 cm³/mol. The summed E-state index contributed by atoms with van der Waals surface area (Å²) in [5.41, 5.74) is 3.94. The Kier molecular flexibility index (Phi) is 7.65. The Labute approximate surface area is 214 Å². The van der Waals surface area contributed by atoms with Crippen molar-refractivity contribution in [1.29, 1.82) is 0 Å². The number of ether oxygens (including phenoxy) is 1. The first-order valence-electron chi connectivity index (χ1n) is 13.6. The third-order valence-corrected chi connectivity index (χ3v) is 8.26. The Bertz CT molecular complexity index is 1060. The Hall–Kier alpha value is -2.42. The zero-order valence-corrected chi connectivity index (χ0v) is 22.0. The zero-order chi connectivity index (χ0) is 25.2. The largest absolute Gasteiger partial charge is 0.497 e. The molecular formula is C28H41N5O3. The quantitative estimate of drug-likeness (QED) is 0.664. The van der Waals surface area contributed by atoms with Gasteiger partial charge in [-0.05, 0) is 70.3 Å². The van der Waals surface area contributed by atoms with E-state index in [4.69, 9.17) is 9.84 Å². The van der Waals surface area contributed by atoms with Crippen molar-refractivity contribution in [3.8, 4) is 5.75 Å². The number of carbonyl (C=O) groups excluding carboxylic acids is 1. The van der Waals surface area contributed by atoms with Gasteiger partial charge in [-0.2, -0.15) is 5.10 Å². The molecule has 1 aromatic heterocycles. The molecule has 0 aliphatic carbocycles. The first-order valence-corrected chi connectivity index (χ1v) is 13.6. The highest BCUT2D eigenvalue weighted by molar-refractivity contribution is 5.94. The second-order valence-electron chi connectivity index (χ2n) is 10.9. The fraction of sp³-hybridized carbons (Fsp3) is 0.643. The summed E-state index contributed by atoms with van der Waals surface area (Å²) in [6.45, 7) is 10.3.